The first-order valence-electron chi connectivity index (χ1n) is 14.3. The minimum absolute atomic E-state index is 0.0553. The highest BCUT2D eigenvalue weighted by atomic mass is 16.2. The molecule has 3 heterocycles. The molecule has 0 bridgehead atoms. The summed E-state index contributed by atoms with van der Waals surface area (Å²) in [5.41, 5.74) is 5.69. The molecule has 1 saturated heterocycles. The fourth-order valence-corrected chi connectivity index (χ4v) is 6.45. The molecule has 1 aliphatic carbocycles. The minimum atomic E-state index is -0.968. The van der Waals surface area contributed by atoms with Gasteiger partial charge in [-0.15, -0.1) is 0 Å². The second-order valence-electron chi connectivity index (χ2n) is 11.2. The molecular formula is C33H30N6O3. The van der Waals surface area contributed by atoms with E-state index in [1.807, 2.05) is 67.6 Å². The van der Waals surface area contributed by atoms with E-state index >= 15 is 0 Å². The third kappa shape index (κ3) is 4.41. The number of carbonyl (C=O) groups excluding carboxylic acids is 3. The lowest BCUT2D eigenvalue weighted by Gasteiger charge is -2.30. The van der Waals surface area contributed by atoms with E-state index in [9.17, 15) is 14.4 Å². The summed E-state index contributed by atoms with van der Waals surface area (Å²) < 4.78 is 0. The Bertz CT molecular complexity index is 1630. The number of hydrogen-bond donors (Lipinski definition) is 0. The van der Waals surface area contributed by atoms with Gasteiger partial charge in [0.1, 0.15) is 6.54 Å². The molecule has 3 aliphatic heterocycles. The van der Waals surface area contributed by atoms with Gasteiger partial charge in [0.25, 0.3) is 17.7 Å². The van der Waals surface area contributed by atoms with Crippen molar-refractivity contribution in [2.24, 2.45) is 21.4 Å². The lowest BCUT2D eigenvalue weighted by Crippen LogP contribution is -2.45. The van der Waals surface area contributed by atoms with Crippen molar-refractivity contribution in [3.05, 3.63) is 107 Å². The quantitative estimate of drug-likeness (QED) is 0.407. The van der Waals surface area contributed by atoms with Crippen LogP contribution in [0.2, 0.25) is 0 Å². The topological polar surface area (TPSA) is 98.0 Å². The van der Waals surface area contributed by atoms with E-state index in [1.165, 1.54) is 5.01 Å². The molecule has 0 radical (unpaired) electrons. The predicted octanol–water partition coefficient (Wildman–Crippen LogP) is 5.11. The van der Waals surface area contributed by atoms with Crippen LogP contribution in [0.1, 0.15) is 42.0 Å². The van der Waals surface area contributed by atoms with Crippen molar-refractivity contribution in [2.45, 2.75) is 44.3 Å². The molecule has 9 heteroatoms. The zero-order chi connectivity index (χ0) is 28.8. The van der Waals surface area contributed by atoms with Crippen LogP contribution in [0.3, 0.4) is 0 Å². The molecule has 3 aromatic rings. The molecule has 7 rings (SSSR count). The highest BCUT2D eigenvalue weighted by molar-refractivity contribution is 6.25. The molecule has 4 aliphatic rings. The molecule has 210 valence electrons. The lowest BCUT2D eigenvalue weighted by molar-refractivity contribution is -0.136. The van der Waals surface area contributed by atoms with E-state index in [2.05, 4.69) is 28.5 Å². The van der Waals surface area contributed by atoms with Crippen LogP contribution >= 0.6 is 0 Å². The zero-order valence-electron chi connectivity index (χ0n) is 23.2. The highest BCUT2D eigenvalue weighted by Gasteiger charge is 2.55. The Hall–Kier alpha value is -4.92. The number of amides is 3. The van der Waals surface area contributed by atoms with E-state index in [0.717, 1.165) is 52.1 Å². The fraction of sp³-hybridized carbons (Fsp3) is 0.273. The average molecular weight is 559 g/mol. The number of hydrazone groups is 1. The third-order valence-electron chi connectivity index (χ3n) is 8.49. The summed E-state index contributed by atoms with van der Waals surface area (Å²) in [5, 5.41) is 16.1. The first kappa shape index (κ1) is 26.0. The van der Waals surface area contributed by atoms with Crippen molar-refractivity contribution >= 4 is 35.2 Å². The Morgan fingerprint density at radius 1 is 0.905 bits per heavy atom. The maximum Gasteiger partial charge on any atom is 0.264 e. The van der Waals surface area contributed by atoms with Gasteiger partial charge < -0.3 is 0 Å². The molecule has 42 heavy (non-hydrogen) atoms. The van der Waals surface area contributed by atoms with Gasteiger partial charge in [0, 0.05) is 5.92 Å². The van der Waals surface area contributed by atoms with Crippen molar-refractivity contribution in [2.75, 3.05) is 11.4 Å². The van der Waals surface area contributed by atoms with Gasteiger partial charge in [-0.05, 0) is 61.1 Å². The molecule has 0 unspecified atom stereocenters. The van der Waals surface area contributed by atoms with Crippen molar-refractivity contribution in [1.29, 1.82) is 0 Å². The predicted molar refractivity (Wildman–Crippen MR) is 158 cm³/mol. The van der Waals surface area contributed by atoms with Gasteiger partial charge in [-0.2, -0.15) is 10.2 Å². The molecule has 4 atom stereocenters. The van der Waals surface area contributed by atoms with Crippen molar-refractivity contribution in [3.8, 4) is 0 Å². The maximum atomic E-state index is 14.0. The van der Waals surface area contributed by atoms with Gasteiger partial charge in [0.2, 0.25) is 0 Å². The van der Waals surface area contributed by atoms with Gasteiger partial charge in [-0.1, -0.05) is 83.6 Å². The lowest BCUT2D eigenvalue weighted by atomic mass is 9.77. The summed E-state index contributed by atoms with van der Waals surface area (Å²) in [7, 11) is 0. The molecule has 9 nitrogen and oxygen atoms in total. The largest absolute Gasteiger partial charge is 0.271 e. The van der Waals surface area contributed by atoms with E-state index in [1.54, 1.807) is 17.1 Å². The van der Waals surface area contributed by atoms with Crippen LogP contribution in [0.4, 0.5) is 5.69 Å². The van der Waals surface area contributed by atoms with E-state index in [0.29, 0.717) is 5.69 Å². The monoisotopic (exact) mass is 558 g/mol. The van der Waals surface area contributed by atoms with Crippen LogP contribution in [0.5, 0.6) is 0 Å². The number of nitrogens with zero attached hydrogens (tertiary/aromatic N) is 6. The minimum Gasteiger partial charge on any atom is -0.271 e. The van der Waals surface area contributed by atoms with Crippen LogP contribution in [-0.2, 0) is 14.4 Å². The standard InChI is InChI=1S/C33H30N6O3/c1-21-15-17-25(18-16-21)38-32(41)29-31(33(38)42)37(36-34-29)20-27(40)39-30(23-11-6-3-7-12-23)26-14-8-13-24(28(26)35-39)19-22-9-4-2-5-10-22/h2-7,9-12,15-19,26,29-31H,8,13-14,20H2,1H3/b24-19+/t26-,29-,30-,31-/m1/s1. The number of allylic oxidation sites excluding steroid dienone is 1. The third-order valence-corrected chi connectivity index (χ3v) is 8.49. The molecule has 2 fully saturated rings. The molecule has 3 amide bonds. The van der Waals surface area contributed by atoms with Gasteiger partial charge in [-0.3, -0.25) is 19.4 Å². The smallest absolute Gasteiger partial charge is 0.264 e. The van der Waals surface area contributed by atoms with Crippen LogP contribution in [0.15, 0.2) is 106 Å². The number of carbonyl (C=O) groups is 3. The number of imide groups is 1. The molecule has 1 saturated carbocycles. The fourth-order valence-electron chi connectivity index (χ4n) is 6.45. The number of benzene rings is 3. The first-order valence-corrected chi connectivity index (χ1v) is 14.3. The van der Waals surface area contributed by atoms with Crippen LogP contribution in [-0.4, -0.2) is 52.1 Å². The average Bonchev–Trinajstić information content (AvgIpc) is 3.68. The highest BCUT2D eigenvalue weighted by Crippen LogP contribution is 2.44. The Kier molecular flexibility index (Phi) is 6.49. The summed E-state index contributed by atoms with van der Waals surface area (Å²) in [6.07, 6.45) is 4.98. The Morgan fingerprint density at radius 2 is 1.62 bits per heavy atom. The van der Waals surface area contributed by atoms with Gasteiger partial charge in [0.05, 0.1) is 17.4 Å². The molecular weight excluding hydrogens is 528 g/mol. The Labute approximate surface area is 243 Å². The number of anilines is 1. The molecule has 0 aromatic heterocycles. The van der Waals surface area contributed by atoms with E-state index in [4.69, 9.17) is 5.10 Å². The maximum absolute atomic E-state index is 14.0. The zero-order valence-corrected chi connectivity index (χ0v) is 23.2. The number of fused-ring (bicyclic) bond motifs is 2. The van der Waals surface area contributed by atoms with Gasteiger partial charge in [-0.25, -0.2) is 9.91 Å². The van der Waals surface area contributed by atoms with Crippen LogP contribution < -0.4 is 4.90 Å². The number of hydrogen-bond acceptors (Lipinski definition) is 7. The van der Waals surface area contributed by atoms with Crippen LogP contribution in [0, 0.1) is 12.8 Å². The van der Waals surface area contributed by atoms with E-state index < -0.39 is 23.9 Å². The normalized spacial score (nSPS) is 25.7. The molecule has 0 N–H and O–H groups in total. The second-order valence-corrected chi connectivity index (χ2v) is 11.2. The second kappa shape index (κ2) is 10.5. The van der Waals surface area contributed by atoms with E-state index in [-0.39, 0.29) is 24.4 Å². The number of aryl methyl sites for hydroxylation is 1. The summed E-state index contributed by atoms with van der Waals surface area (Å²) in [5.74, 6) is -1.10. The summed E-state index contributed by atoms with van der Waals surface area (Å²) in [6, 6.07) is 25.1. The Morgan fingerprint density at radius 3 is 2.36 bits per heavy atom. The van der Waals surface area contributed by atoms with Gasteiger partial charge in [0.15, 0.2) is 12.1 Å². The number of rotatable bonds is 5. The SMILES string of the molecule is Cc1ccc(N2C(=O)[C@@H]3N=NN(CC(=O)N4N=C5/C(=C/c6ccccc6)CCC[C@H]5[C@H]4c4ccccc4)[C@H]3C2=O)cc1. The molecule has 3 aromatic carbocycles. The summed E-state index contributed by atoms with van der Waals surface area (Å²) in [6.45, 7) is 1.73. The van der Waals surface area contributed by atoms with Crippen molar-refractivity contribution in [3.63, 3.8) is 0 Å². The summed E-state index contributed by atoms with van der Waals surface area (Å²) in [4.78, 5) is 41.8. The first-order chi connectivity index (χ1) is 20.5. The van der Waals surface area contributed by atoms with Crippen molar-refractivity contribution in [1.82, 2.24) is 10.0 Å². The Balaban J connectivity index is 1.18. The molecule has 0 spiro atoms. The van der Waals surface area contributed by atoms with Crippen molar-refractivity contribution < 1.29 is 14.4 Å². The van der Waals surface area contributed by atoms with Gasteiger partial charge >= 0.3 is 0 Å². The summed E-state index contributed by atoms with van der Waals surface area (Å²) >= 11 is 0. The van der Waals surface area contributed by atoms with Crippen LogP contribution in [0.25, 0.3) is 6.08 Å².